The second-order valence-electron chi connectivity index (χ2n) is 2.29. The molecule has 0 aliphatic carbocycles. The standard InChI is InChI=1S/C10H12Cl2N2/c11-8-2-1-3-9(10(8)12)14-6-4-13-5-7-14/h1-3,13H,4-7H2/i1D,2D,3D,4D2,5D2,6D2,7D2. The average Bonchev–Trinajstić information content (AvgIpc) is 2.44. The Morgan fingerprint density at radius 3 is 2.79 bits per heavy atom. The van der Waals surface area contributed by atoms with Crippen molar-refractivity contribution in [3.8, 4) is 0 Å². The van der Waals surface area contributed by atoms with Crippen LogP contribution in [0.3, 0.4) is 0 Å². The zero-order chi connectivity index (χ0) is 19.7. The maximum atomic E-state index is 8.00. The van der Waals surface area contributed by atoms with Crippen LogP contribution in [-0.2, 0) is 0 Å². The number of hydrogen-bond donors (Lipinski definition) is 1. The highest BCUT2D eigenvalue weighted by Gasteiger charge is 2.14. The van der Waals surface area contributed by atoms with Crippen molar-refractivity contribution in [1.29, 1.82) is 0 Å². The van der Waals surface area contributed by atoms with E-state index >= 15 is 0 Å². The first kappa shape index (κ1) is 3.27. The van der Waals surface area contributed by atoms with Crippen molar-refractivity contribution in [3.05, 3.63) is 28.2 Å². The Morgan fingerprint density at radius 2 is 2.07 bits per heavy atom. The van der Waals surface area contributed by atoms with Crippen molar-refractivity contribution in [1.82, 2.24) is 5.32 Å². The van der Waals surface area contributed by atoms with E-state index in [0.717, 1.165) is 0 Å². The van der Waals surface area contributed by atoms with Crippen LogP contribution in [0.5, 0.6) is 0 Å². The molecule has 0 spiro atoms. The minimum absolute atomic E-state index is 0.0323. The normalized spacial score (nSPS) is 43.0. The van der Waals surface area contributed by atoms with Crippen LogP contribution in [0.25, 0.3) is 0 Å². The Bertz CT molecular complexity index is 681. The first-order valence-corrected chi connectivity index (χ1v) is 4.30. The van der Waals surface area contributed by atoms with Gasteiger partial charge in [-0.05, 0) is 12.1 Å². The molecule has 0 saturated carbocycles. The lowest BCUT2D eigenvalue weighted by Gasteiger charge is -2.30. The Labute approximate surface area is 109 Å². The van der Waals surface area contributed by atoms with Crippen molar-refractivity contribution in [2.75, 3.05) is 30.9 Å². The van der Waals surface area contributed by atoms with Crippen LogP contribution < -0.4 is 10.2 Å². The van der Waals surface area contributed by atoms with Crippen LogP contribution in [0, 0.1) is 0 Å². The molecule has 1 aliphatic heterocycles. The number of piperazine rings is 1. The summed E-state index contributed by atoms with van der Waals surface area (Å²) < 4.78 is 86.2. The van der Waals surface area contributed by atoms with Crippen molar-refractivity contribution in [3.63, 3.8) is 0 Å². The molecule has 1 aromatic rings. The third-order valence-electron chi connectivity index (χ3n) is 1.44. The molecule has 0 bridgehead atoms. The molecular formula is C10H12Cl2N2. The Morgan fingerprint density at radius 1 is 1.36 bits per heavy atom. The summed E-state index contributed by atoms with van der Waals surface area (Å²) in [6.45, 7) is -12.6. The predicted octanol–water partition coefficient (Wildman–Crippen LogP) is 2.40. The molecule has 1 fully saturated rings. The van der Waals surface area contributed by atoms with Gasteiger partial charge in [0.1, 0.15) is 0 Å². The molecule has 0 amide bonds. The molecule has 0 atom stereocenters. The van der Waals surface area contributed by atoms with E-state index in [0.29, 0.717) is 0 Å². The van der Waals surface area contributed by atoms with Crippen LogP contribution in [0.15, 0.2) is 18.1 Å². The number of nitrogens with one attached hydrogen (secondary N) is 1. The summed E-state index contributed by atoms with van der Waals surface area (Å²) in [6.07, 6.45) is 0. The minimum Gasteiger partial charge on any atom is -0.368 e. The predicted molar refractivity (Wildman–Crippen MR) is 61.5 cm³/mol. The summed E-state index contributed by atoms with van der Waals surface area (Å²) in [7, 11) is 0. The number of benzene rings is 1. The summed E-state index contributed by atoms with van der Waals surface area (Å²) in [5, 5.41) is 0.449. The minimum atomic E-state index is -3.22. The van der Waals surface area contributed by atoms with E-state index in [1.54, 1.807) is 5.32 Å². The molecule has 1 heterocycles. The highest BCUT2D eigenvalue weighted by molar-refractivity contribution is 6.43. The number of rotatable bonds is 1. The number of hydrogen-bond acceptors (Lipinski definition) is 2. The first-order chi connectivity index (χ1) is 11.0. The molecule has 76 valence electrons. The molecular weight excluding hydrogens is 219 g/mol. The zero-order valence-corrected chi connectivity index (χ0v) is 8.22. The van der Waals surface area contributed by atoms with E-state index < -0.39 is 59.8 Å². The van der Waals surface area contributed by atoms with Crippen LogP contribution >= 0.6 is 23.2 Å². The van der Waals surface area contributed by atoms with Crippen LogP contribution in [0.2, 0.25) is 10.0 Å². The van der Waals surface area contributed by atoms with Crippen molar-refractivity contribution in [2.45, 2.75) is 0 Å². The maximum absolute atomic E-state index is 8.00. The summed E-state index contributed by atoms with van der Waals surface area (Å²) in [6, 6.07) is -2.29. The molecule has 1 aliphatic rings. The average molecular weight is 242 g/mol. The number of anilines is 1. The highest BCUT2D eigenvalue weighted by Crippen LogP contribution is 2.32. The second-order valence-corrected chi connectivity index (χ2v) is 3.04. The van der Waals surface area contributed by atoms with Gasteiger partial charge in [0.25, 0.3) is 0 Å². The van der Waals surface area contributed by atoms with Gasteiger partial charge in [-0.25, -0.2) is 0 Å². The van der Waals surface area contributed by atoms with Gasteiger partial charge in [0.15, 0.2) is 0 Å². The second kappa shape index (κ2) is 4.39. The molecule has 1 aromatic carbocycles. The van der Waals surface area contributed by atoms with Crippen LogP contribution in [0.1, 0.15) is 15.1 Å². The topological polar surface area (TPSA) is 15.3 Å². The third kappa shape index (κ3) is 1.97. The molecule has 0 radical (unpaired) electrons. The number of halogens is 2. The summed E-state index contributed by atoms with van der Waals surface area (Å²) in [5.41, 5.74) is -0.808. The van der Waals surface area contributed by atoms with Crippen LogP contribution in [-0.4, -0.2) is 26.0 Å². The molecule has 2 rings (SSSR count). The van der Waals surface area contributed by atoms with E-state index in [2.05, 4.69) is 0 Å². The third-order valence-corrected chi connectivity index (χ3v) is 2.19. The van der Waals surface area contributed by atoms with E-state index in [1.165, 1.54) is 0 Å². The van der Waals surface area contributed by atoms with E-state index in [-0.39, 0.29) is 4.90 Å². The van der Waals surface area contributed by atoms with Gasteiger partial charge in [0, 0.05) is 31.5 Å². The van der Waals surface area contributed by atoms with Gasteiger partial charge in [0.05, 0.1) is 25.3 Å². The molecule has 4 heteroatoms. The largest absolute Gasteiger partial charge is 0.368 e. The lowest BCUT2D eigenvalue weighted by Crippen LogP contribution is -2.43. The van der Waals surface area contributed by atoms with Gasteiger partial charge >= 0.3 is 0 Å². The van der Waals surface area contributed by atoms with Gasteiger partial charge < -0.3 is 10.2 Å². The van der Waals surface area contributed by atoms with E-state index in [4.69, 9.17) is 38.3 Å². The molecule has 1 saturated heterocycles. The smallest absolute Gasteiger partial charge is 0.0825 e. The molecule has 0 aromatic heterocycles. The molecule has 0 unspecified atom stereocenters. The van der Waals surface area contributed by atoms with Crippen molar-refractivity contribution < 1.29 is 15.1 Å². The van der Waals surface area contributed by atoms with Gasteiger partial charge in [-0.1, -0.05) is 29.2 Å². The summed E-state index contributed by atoms with van der Waals surface area (Å²) in [4.78, 5) is 0.0323. The quantitative estimate of drug-likeness (QED) is 0.813. The fourth-order valence-corrected chi connectivity index (χ4v) is 1.17. The van der Waals surface area contributed by atoms with Gasteiger partial charge in [-0.3, -0.25) is 0 Å². The monoisotopic (exact) mass is 241 g/mol. The van der Waals surface area contributed by atoms with Gasteiger partial charge in [-0.15, -0.1) is 0 Å². The lowest BCUT2D eigenvalue weighted by molar-refractivity contribution is 0.589. The van der Waals surface area contributed by atoms with Crippen molar-refractivity contribution >= 4 is 28.9 Å². The summed E-state index contributed by atoms with van der Waals surface area (Å²) in [5.74, 6) is 0. The molecule has 14 heavy (non-hydrogen) atoms. The SMILES string of the molecule is [2H]c1c([2H])c(Cl)c(Cl)c(N2C([2H])([2H])C([2H])([2H])NC([2H])([2H])C2([2H])[2H])c1[2H]. The fraction of sp³-hybridized carbons (Fsp3) is 0.400. The highest BCUT2D eigenvalue weighted by atomic mass is 35.5. The van der Waals surface area contributed by atoms with Gasteiger partial charge in [0.2, 0.25) is 0 Å². The van der Waals surface area contributed by atoms with Crippen molar-refractivity contribution in [2.24, 2.45) is 0 Å². The lowest BCUT2D eigenvalue weighted by atomic mass is 10.2. The zero-order valence-electron chi connectivity index (χ0n) is 17.7. The van der Waals surface area contributed by atoms with E-state index in [9.17, 15) is 0 Å². The van der Waals surface area contributed by atoms with Crippen LogP contribution in [0.4, 0.5) is 5.69 Å². The maximum Gasteiger partial charge on any atom is 0.0825 e. The van der Waals surface area contributed by atoms with E-state index in [1.807, 2.05) is 0 Å². The van der Waals surface area contributed by atoms with Gasteiger partial charge in [-0.2, -0.15) is 0 Å². The molecule has 1 N–H and O–H groups in total. The Kier molecular flexibility index (Phi) is 1.03. The fourth-order valence-electron chi connectivity index (χ4n) is 0.852. The Hall–Kier alpha value is -0.440. The Balaban J connectivity index is 2.92. The molecule has 2 nitrogen and oxygen atoms in total. The summed E-state index contributed by atoms with van der Waals surface area (Å²) >= 11 is 11.8. The number of nitrogens with zero attached hydrogens (tertiary/aromatic N) is 1. The first-order valence-electron chi connectivity index (χ1n) is 9.05.